The molecule has 0 atom stereocenters. The molecule has 0 aromatic carbocycles. The molecule has 0 rings (SSSR count). The van der Waals surface area contributed by atoms with E-state index in [2.05, 4.69) is 16.8 Å². The highest BCUT2D eigenvalue weighted by atomic mass is 16.4. The molecule has 0 aromatic rings. The van der Waals surface area contributed by atoms with E-state index in [0.717, 1.165) is 19.5 Å². The van der Waals surface area contributed by atoms with Crippen molar-refractivity contribution in [1.82, 2.24) is 10.2 Å². The van der Waals surface area contributed by atoms with Gasteiger partial charge in [0.25, 0.3) is 0 Å². The molecule has 0 aliphatic heterocycles. The number of nitrogens with one attached hydrogen (secondary N) is 1. The van der Waals surface area contributed by atoms with Gasteiger partial charge in [-0.25, -0.2) is 0 Å². The maximum Gasteiger partial charge on any atom is 0.303 e. The molecule has 5 nitrogen and oxygen atoms in total. The molecule has 0 aliphatic rings. The highest BCUT2D eigenvalue weighted by Gasteiger charge is 1.99. The summed E-state index contributed by atoms with van der Waals surface area (Å²) in [7, 11) is 4.03. The molecule has 2 N–H and O–H groups in total. The molecular formula is C12H24N2O3. The quantitative estimate of drug-likeness (QED) is 0.542. The third-order valence-electron chi connectivity index (χ3n) is 1.76. The highest BCUT2D eigenvalue weighted by Crippen LogP contribution is 1.86. The summed E-state index contributed by atoms with van der Waals surface area (Å²) in [6.07, 6.45) is 1.20. The summed E-state index contributed by atoms with van der Waals surface area (Å²) in [5.74, 6) is -0.793. The minimum Gasteiger partial charge on any atom is -0.481 e. The lowest BCUT2D eigenvalue weighted by Crippen LogP contribution is -2.27. The Balaban J connectivity index is 0. The van der Waals surface area contributed by atoms with Gasteiger partial charge in [-0.3, -0.25) is 9.59 Å². The Morgan fingerprint density at radius 1 is 1.35 bits per heavy atom. The molecule has 0 unspecified atom stereocenters. The van der Waals surface area contributed by atoms with Crippen LogP contribution in [0, 0.1) is 0 Å². The van der Waals surface area contributed by atoms with Gasteiger partial charge in [0.15, 0.2) is 0 Å². The fourth-order valence-corrected chi connectivity index (χ4v) is 0.748. The van der Waals surface area contributed by atoms with Crippen LogP contribution >= 0.6 is 0 Å². The van der Waals surface area contributed by atoms with Crippen LogP contribution in [-0.4, -0.2) is 49.1 Å². The van der Waals surface area contributed by atoms with Crippen LogP contribution in [0.15, 0.2) is 12.2 Å². The maximum absolute atomic E-state index is 11.0. The van der Waals surface area contributed by atoms with Gasteiger partial charge in [-0.2, -0.15) is 0 Å². The fourth-order valence-electron chi connectivity index (χ4n) is 0.748. The van der Waals surface area contributed by atoms with Crippen molar-refractivity contribution in [1.29, 1.82) is 0 Å². The molecule has 100 valence electrons. The summed E-state index contributed by atoms with van der Waals surface area (Å²) < 4.78 is 0. The monoisotopic (exact) mass is 244 g/mol. The second kappa shape index (κ2) is 11.1. The zero-order valence-electron chi connectivity index (χ0n) is 11.2. The van der Waals surface area contributed by atoms with Crippen LogP contribution < -0.4 is 5.32 Å². The van der Waals surface area contributed by atoms with Crippen LogP contribution in [0.3, 0.4) is 0 Å². The highest BCUT2D eigenvalue weighted by molar-refractivity contribution is 5.91. The number of hydrogen-bond acceptors (Lipinski definition) is 3. The van der Waals surface area contributed by atoms with Gasteiger partial charge in [0.1, 0.15) is 0 Å². The van der Waals surface area contributed by atoms with E-state index in [0.29, 0.717) is 5.57 Å². The van der Waals surface area contributed by atoms with Crippen LogP contribution in [-0.2, 0) is 9.59 Å². The van der Waals surface area contributed by atoms with Crippen molar-refractivity contribution in [3.8, 4) is 0 Å². The third-order valence-corrected chi connectivity index (χ3v) is 1.76. The number of carboxylic acids is 1. The second-order valence-electron chi connectivity index (χ2n) is 3.94. The number of amides is 1. The first-order valence-electron chi connectivity index (χ1n) is 5.61. The van der Waals surface area contributed by atoms with Gasteiger partial charge in [-0.15, -0.1) is 0 Å². The van der Waals surface area contributed by atoms with Crippen molar-refractivity contribution >= 4 is 11.9 Å². The topological polar surface area (TPSA) is 69.6 Å². The van der Waals surface area contributed by atoms with Crippen molar-refractivity contribution in [2.75, 3.05) is 27.2 Å². The molecule has 5 heteroatoms. The van der Waals surface area contributed by atoms with Crippen LogP contribution in [0.2, 0.25) is 0 Å². The number of carbonyl (C=O) groups is 2. The Labute approximate surface area is 103 Å². The van der Waals surface area contributed by atoms with E-state index in [9.17, 15) is 9.59 Å². The molecule has 0 aliphatic carbocycles. The predicted octanol–water partition coefficient (Wildman–Crippen LogP) is 1.11. The van der Waals surface area contributed by atoms with Crippen LogP contribution in [0.5, 0.6) is 0 Å². The number of rotatable bonds is 6. The van der Waals surface area contributed by atoms with E-state index in [1.54, 1.807) is 13.8 Å². The standard InChI is InChI=1S/C9H18N2O.C3H6O2/c1-8(2)9(12)10-6-5-7-11(3)4;1-2-3(4)5/h1,5-7H2,2-4H3,(H,10,12);2H2,1H3,(H,4,5). The number of carbonyl (C=O) groups excluding carboxylic acids is 1. The second-order valence-corrected chi connectivity index (χ2v) is 3.94. The molecule has 17 heavy (non-hydrogen) atoms. The number of aliphatic carboxylic acids is 1. The molecule has 1 amide bonds. The van der Waals surface area contributed by atoms with Gasteiger partial charge in [-0.05, 0) is 34.0 Å². The number of hydrogen-bond donors (Lipinski definition) is 2. The van der Waals surface area contributed by atoms with Crippen molar-refractivity contribution in [2.45, 2.75) is 26.7 Å². The lowest BCUT2D eigenvalue weighted by molar-refractivity contribution is -0.136. The summed E-state index contributed by atoms with van der Waals surface area (Å²) in [6.45, 7) is 8.58. The van der Waals surface area contributed by atoms with Gasteiger partial charge >= 0.3 is 5.97 Å². The lowest BCUT2D eigenvalue weighted by Gasteiger charge is -2.09. The predicted molar refractivity (Wildman–Crippen MR) is 68.9 cm³/mol. The van der Waals surface area contributed by atoms with E-state index in [1.165, 1.54) is 0 Å². The van der Waals surface area contributed by atoms with Crippen molar-refractivity contribution in [3.63, 3.8) is 0 Å². The van der Waals surface area contributed by atoms with Crippen molar-refractivity contribution < 1.29 is 14.7 Å². The van der Waals surface area contributed by atoms with E-state index >= 15 is 0 Å². The van der Waals surface area contributed by atoms with E-state index in [4.69, 9.17) is 5.11 Å². The van der Waals surface area contributed by atoms with Gasteiger partial charge < -0.3 is 15.3 Å². The minimum absolute atomic E-state index is 0.0474. The van der Waals surface area contributed by atoms with Crippen LogP contribution in [0.4, 0.5) is 0 Å². The molecule has 0 bridgehead atoms. The Morgan fingerprint density at radius 3 is 2.12 bits per heavy atom. The fraction of sp³-hybridized carbons (Fsp3) is 0.667. The lowest BCUT2D eigenvalue weighted by atomic mass is 10.3. The van der Waals surface area contributed by atoms with E-state index in [1.807, 2.05) is 14.1 Å². The molecule has 0 saturated carbocycles. The van der Waals surface area contributed by atoms with Gasteiger partial charge in [0.2, 0.25) is 5.91 Å². The number of carboxylic acid groups (broad SMARTS) is 1. The molecule has 0 saturated heterocycles. The summed E-state index contributed by atoms with van der Waals surface area (Å²) in [5.41, 5.74) is 0.569. The van der Waals surface area contributed by atoms with Gasteiger partial charge in [0.05, 0.1) is 0 Å². The summed E-state index contributed by atoms with van der Waals surface area (Å²) >= 11 is 0. The Kier molecular flexibility index (Phi) is 11.8. The average molecular weight is 244 g/mol. The van der Waals surface area contributed by atoms with E-state index < -0.39 is 5.97 Å². The zero-order chi connectivity index (χ0) is 13.8. The van der Waals surface area contributed by atoms with Gasteiger partial charge in [0, 0.05) is 18.5 Å². The van der Waals surface area contributed by atoms with Crippen LogP contribution in [0.1, 0.15) is 26.7 Å². The first-order valence-corrected chi connectivity index (χ1v) is 5.61. The maximum atomic E-state index is 11.0. The molecule has 0 fully saturated rings. The molecule has 0 aromatic heterocycles. The first kappa shape index (κ1) is 18.0. The first-order chi connectivity index (χ1) is 7.81. The third kappa shape index (κ3) is 17.3. The molecular weight excluding hydrogens is 220 g/mol. The minimum atomic E-state index is -0.745. The van der Waals surface area contributed by atoms with Crippen LogP contribution in [0.25, 0.3) is 0 Å². The summed E-state index contributed by atoms with van der Waals surface area (Å²) in [4.78, 5) is 22.4. The molecule has 0 radical (unpaired) electrons. The Bertz CT molecular complexity index is 250. The van der Waals surface area contributed by atoms with Crippen molar-refractivity contribution in [3.05, 3.63) is 12.2 Å². The van der Waals surface area contributed by atoms with E-state index in [-0.39, 0.29) is 12.3 Å². The number of nitrogens with zero attached hydrogens (tertiary/aromatic N) is 1. The smallest absolute Gasteiger partial charge is 0.303 e. The summed E-state index contributed by atoms with van der Waals surface area (Å²) in [5, 5.41) is 10.5. The molecule has 0 spiro atoms. The average Bonchev–Trinajstić information content (AvgIpc) is 2.24. The SMILES string of the molecule is C=C(C)C(=O)NCCCN(C)C.CCC(=O)O. The molecule has 0 heterocycles. The largest absolute Gasteiger partial charge is 0.481 e. The Morgan fingerprint density at radius 2 is 1.82 bits per heavy atom. The normalized spacial score (nSPS) is 9.24. The zero-order valence-corrected chi connectivity index (χ0v) is 11.2. The van der Waals surface area contributed by atoms with Gasteiger partial charge in [-0.1, -0.05) is 13.5 Å². The summed E-state index contributed by atoms with van der Waals surface area (Å²) in [6, 6.07) is 0. The van der Waals surface area contributed by atoms with Crippen molar-refractivity contribution in [2.24, 2.45) is 0 Å². The Hall–Kier alpha value is -1.36.